The van der Waals surface area contributed by atoms with Gasteiger partial charge < -0.3 is 15.0 Å². The maximum atomic E-state index is 11.1. The van der Waals surface area contributed by atoms with Gasteiger partial charge >= 0.3 is 5.97 Å². The summed E-state index contributed by atoms with van der Waals surface area (Å²) in [5.74, 6) is -0.176. The fourth-order valence-electron chi connectivity index (χ4n) is 1.72. The number of rotatable bonds is 9. The smallest absolute Gasteiger partial charge is 0.310 e. The predicted octanol–water partition coefficient (Wildman–Crippen LogP) is 1.89. The molecule has 108 valence electrons. The maximum absolute atomic E-state index is 11.1. The molecule has 0 radical (unpaired) electrons. The Morgan fingerprint density at radius 2 is 2.05 bits per heavy atom. The van der Waals surface area contributed by atoms with Crippen molar-refractivity contribution in [3.63, 3.8) is 0 Å². The van der Waals surface area contributed by atoms with Gasteiger partial charge in [-0.1, -0.05) is 0 Å². The van der Waals surface area contributed by atoms with Gasteiger partial charge in [0, 0.05) is 16.3 Å². The van der Waals surface area contributed by atoms with Crippen LogP contribution in [-0.2, 0) is 22.5 Å². The first-order valence-corrected chi connectivity index (χ1v) is 7.43. The number of unbranched alkanes of at least 4 members (excludes halogenated alkanes) is 1. The second-order valence-corrected chi connectivity index (χ2v) is 6.06. The summed E-state index contributed by atoms with van der Waals surface area (Å²) in [4.78, 5) is 15.7. The van der Waals surface area contributed by atoms with Crippen LogP contribution in [0.25, 0.3) is 0 Å². The molecule has 0 amide bonds. The van der Waals surface area contributed by atoms with E-state index in [1.54, 1.807) is 11.3 Å². The van der Waals surface area contributed by atoms with Crippen molar-refractivity contribution >= 4 is 17.3 Å². The summed E-state index contributed by atoms with van der Waals surface area (Å²) in [6.45, 7) is 3.07. The van der Waals surface area contributed by atoms with Crippen LogP contribution in [0.3, 0.4) is 0 Å². The molecule has 0 fully saturated rings. The zero-order valence-electron chi connectivity index (χ0n) is 12.1. The van der Waals surface area contributed by atoms with E-state index in [4.69, 9.17) is 0 Å². The van der Waals surface area contributed by atoms with Gasteiger partial charge in [-0.3, -0.25) is 4.79 Å². The van der Waals surface area contributed by atoms with Gasteiger partial charge in [-0.15, -0.1) is 11.3 Å². The van der Waals surface area contributed by atoms with Gasteiger partial charge in [-0.25, -0.2) is 0 Å². The van der Waals surface area contributed by atoms with Gasteiger partial charge in [0.1, 0.15) is 0 Å². The van der Waals surface area contributed by atoms with Crippen molar-refractivity contribution in [3.05, 3.63) is 21.9 Å². The molecule has 1 N–H and O–H groups in total. The van der Waals surface area contributed by atoms with Crippen LogP contribution in [0.4, 0.5) is 0 Å². The molecule has 0 aromatic carbocycles. The Hall–Kier alpha value is -0.910. The maximum Gasteiger partial charge on any atom is 0.310 e. The number of thiophene rings is 1. The van der Waals surface area contributed by atoms with Gasteiger partial charge in [-0.2, -0.15) is 0 Å². The topological polar surface area (TPSA) is 41.6 Å². The van der Waals surface area contributed by atoms with Crippen LogP contribution in [0, 0.1) is 0 Å². The third kappa shape index (κ3) is 7.30. The van der Waals surface area contributed by atoms with E-state index in [0.29, 0.717) is 6.42 Å². The quantitative estimate of drug-likeness (QED) is 0.555. The standard InChI is InChI=1S/C14H24N2O2S/c1-16(2)9-5-4-8-15-11-13-7-6-12(19-13)10-14(17)18-3/h6-7,15H,4-5,8-11H2,1-3H3. The molecule has 0 bridgehead atoms. The number of carbonyl (C=O) groups excluding carboxylic acids is 1. The number of carbonyl (C=O) groups is 1. The Bertz CT molecular complexity index is 377. The van der Waals surface area contributed by atoms with Gasteiger partial charge in [0.2, 0.25) is 0 Å². The molecule has 0 aliphatic carbocycles. The highest BCUT2D eigenvalue weighted by Gasteiger charge is 2.05. The first-order valence-electron chi connectivity index (χ1n) is 6.61. The van der Waals surface area contributed by atoms with E-state index in [0.717, 1.165) is 24.5 Å². The number of hydrogen-bond donors (Lipinski definition) is 1. The molecule has 4 nitrogen and oxygen atoms in total. The lowest BCUT2D eigenvalue weighted by Crippen LogP contribution is -2.17. The second-order valence-electron chi connectivity index (χ2n) is 4.81. The van der Waals surface area contributed by atoms with Crippen LogP contribution in [0.15, 0.2) is 12.1 Å². The molecule has 1 rings (SSSR count). The van der Waals surface area contributed by atoms with E-state index in [-0.39, 0.29) is 5.97 Å². The van der Waals surface area contributed by atoms with Gasteiger partial charge in [0.25, 0.3) is 0 Å². The largest absolute Gasteiger partial charge is 0.469 e. The van der Waals surface area contributed by atoms with E-state index < -0.39 is 0 Å². The molecule has 0 saturated carbocycles. The molecule has 0 aliphatic rings. The Kier molecular flexibility index (Phi) is 7.70. The predicted molar refractivity (Wildman–Crippen MR) is 79.5 cm³/mol. The van der Waals surface area contributed by atoms with Gasteiger partial charge in [0.15, 0.2) is 0 Å². The number of nitrogens with one attached hydrogen (secondary N) is 1. The lowest BCUT2D eigenvalue weighted by Gasteiger charge is -2.08. The fourth-order valence-corrected chi connectivity index (χ4v) is 2.69. The lowest BCUT2D eigenvalue weighted by molar-refractivity contribution is -0.139. The van der Waals surface area contributed by atoms with E-state index in [1.807, 2.05) is 6.07 Å². The van der Waals surface area contributed by atoms with Crippen molar-refractivity contribution < 1.29 is 9.53 Å². The molecule has 1 aromatic rings. The minimum Gasteiger partial charge on any atom is -0.469 e. The number of hydrogen-bond acceptors (Lipinski definition) is 5. The third-order valence-electron chi connectivity index (χ3n) is 2.77. The molecule has 0 spiro atoms. The Morgan fingerprint density at radius 1 is 1.32 bits per heavy atom. The molecule has 0 aliphatic heterocycles. The Labute approximate surface area is 119 Å². The summed E-state index contributed by atoms with van der Waals surface area (Å²) in [6, 6.07) is 4.08. The molecular weight excluding hydrogens is 260 g/mol. The van der Waals surface area contributed by atoms with Gasteiger partial charge in [0.05, 0.1) is 13.5 Å². The molecule has 1 aromatic heterocycles. The summed E-state index contributed by atoms with van der Waals surface area (Å²) in [6.07, 6.45) is 2.79. The summed E-state index contributed by atoms with van der Waals surface area (Å²) in [5, 5.41) is 3.43. The monoisotopic (exact) mass is 284 g/mol. The van der Waals surface area contributed by atoms with Crippen LogP contribution >= 0.6 is 11.3 Å². The van der Waals surface area contributed by atoms with Crippen molar-refractivity contribution in [2.45, 2.75) is 25.8 Å². The van der Waals surface area contributed by atoms with Crippen LogP contribution in [0.2, 0.25) is 0 Å². The normalized spacial score (nSPS) is 10.9. The average Bonchev–Trinajstić information content (AvgIpc) is 2.80. The lowest BCUT2D eigenvalue weighted by atomic mass is 10.3. The van der Waals surface area contributed by atoms with Gasteiger partial charge in [-0.05, 0) is 52.2 Å². The minimum absolute atomic E-state index is 0.176. The molecule has 0 atom stereocenters. The molecule has 0 unspecified atom stereocenters. The van der Waals surface area contributed by atoms with Crippen molar-refractivity contribution in [3.8, 4) is 0 Å². The van der Waals surface area contributed by atoms with Crippen LogP contribution in [0.5, 0.6) is 0 Å². The average molecular weight is 284 g/mol. The second kappa shape index (κ2) is 9.07. The molecule has 19 heavy (non-hydrogen) atoms. The highest BCUT2D eigenvalue weighted by atomic mass is 32.1. The zero-order chi connectivity index (χ0) is 14.1. The fraction of sp³-hybridized carbons (Fsp3) is 0.643. The zero-order valence-corrected chi connectivity index (χ0v) is 12.9. The molecule has 5 heteroatoms. The highest BCUT2D eigenvalue weighted by molar-refractivity contribution is 7.12. The Balaban J connectivity index is 2.14. The summed E-state index contributed by atoms with van der Waals surface area (Å²) in [7, 11) is 5.62. The number of nitrogens with zero attached hydrogens (tertiary/aromatic N) is 1. The Morgan fingerprint density at radius 3 is 2.74 bits per heavy atom. The van der Waals surface area contributed by atoms with Crippen molar-refractivity contribution in [2.24, 2.45) is 0 Å². The first kappa shape index (κ1) is 16.1. The molecule has 1 heterocycles. The summed E-state index contributed by atoms with van der Waals surface area (Å²) in [5.41, 5.74) is 0. The van der Waals surface area contributed by atoms with Crippen molar-refractivity contribution in [2.75, 3.05) is 34.3 Å². The van der Waals surface area contributed by atoms with Crippen LogP contribution in [-0.4, -0.2) is 45.2 Å². The van der Waals surface area contributed by atoms with Crippen molar-refractivity contribution in [1.29, 1.82) is 0 Å². The summed E-state index contributed by atoms with van der Waals surface area (Å²) >= 11 is 1.67. The number of methoxy groups -OCH3 is 1. The van der Waals surface area contributed by atoms with E-state index in [9.17, 15) is 4.79 Å². The van der Waals surface area contributed by atoms with Crippen LogP contribution < -0.4 is 5.32 Å². The first-order chi connectivity index (χ1) is 9.11. The van der Waals surface area contributed by atoms with E-state index in [2.05, 4.69) is 35.1 Å². The number of ether oxygens (including phenoxy) is 1. The molecule has 0 saturated heterocycles. The van der Waals surface area contributed by atoms with Crippen molar-refractivity contribution in [1.82, 2.24) is 10.2 Å². The third-order valence-corrected chi connectivity index (χ3v) is 3.86. The number of esters is 1. The SMILES string of the molecule is COC(=O)Cc1ccc(CNCCCCN(C)C)s1. The molecular formula is C14H24N2O2S. The van der Waals surface area contributed by atoms with E-state index >= 15 is 0 Å². The van der Waals surface area contributed by atoms with E-state index in [1.165, 1.54) is 24.8 Å². The minimum atomic E-state index is -0.176. The summed E-state index contributed by atoms with van der Waals surface area (Å²) < 4.78 is 4.66. The van der Waals surface area contributed by atoms with Crippen LogP contribution in [0.1, 0.15) is 22.6 Å². The highest BCUT2D eigenvalue weighted by Crippen LogP contribution is 2.17.